The van der Waals surface area contributed by atoms with Gasteiger partial charge < -0.3 is 19.1 Å². The minimum absolute atomic E-state index is 0.650. The molecular formula is C24H42N2O3. The minimum Gasteiger partial charge on any atom is -0.493 e. The van der Waals surface area contributed by atoms with E-state index in [9.17, 15) is 0 Å². The predicted molar refractivity (Wildman–Crippen MR) is 124 cm³/mol. The van der Waals surface area contributed by atoms with E-state index in [1.807, 2.05) is 38.2 Å². The van der Waals surface area contributed by atoms with Crippen LogP contribution in [0.15, 0.2) is 24.4 Å². The fraction of sp³-hybridized carbons (Fsp3) is 0.625. The fourth-order valence-corrected chi connectivity index (χ4v) is 2.68. The van der Waals surface area contributed by atoms with Gasteiger partial charge in [0.15, 0.2) is 11.5 Å². The number of hydrogen-bond donors (Lipinski definition) is 0. The van der Waals surface area contributed by atoms with E-state index in [0.29, 0.717) is 6.61 Å². The lowest BCUT2D eigenvalue weighted by Crippen LogP contribution is -2.29. The van der Waals surface area contributed by atoms with Gasteiger partial charge in [0, 0.05) is 37.8 Å². The molecule has 0 unspecified atom stereocenters. The van der Waals surface area contributed by atoms with Crippen LogP contribution in [0.25, 0.3) is 10.9 Å². The van der Waals surface area contributed by atoms with Crippen LogP contribution in [0.3, 0.4) is 0 Å². The van der Waals surface area contributed by atoms with Crippen molar-refractivity contribution in [1.82, 2.24) is 9.88 Å². The van der Waals surface area contributed by atoms with Crippen molar-refractivity contribution in [2.75, 3.05) is 47.1 Å². The van der Waals surface area contributed by atoms with E-state index in [1.165, 1.54) is 12.0 Å². The van der Waals surface area contributed by atoms with Crippen LogP contribution in [0.4, 0.5) is 0 Å². The molecule has 0 bridgehead atoms. The summed E-state index contributed by atoms with van der Waals surface area (Å²) in [7, 11) is 3.40. The zero-order chi connectivity index (χ0) is 22.1. The lowest BCUT2D eigenvalue weighted by atomic mass is 10.1. The van der Waals surface area contributed by atoms with E-state index in [2.05, 4.69) is 37.6 Å². The van der Waals surface area contributed by atoms with Crippen molar-refractivity contribution < 1.29 is 14.2 Å². The molecule has 0 aliphatic rings. The third-order valence-corrected chi connectivity index (χ3v) is 4.18. The molecule has 1 heterocycles. The molecule has 29 heavy (non-hydrogen) atoms. The van der Waals surface area contributed by atoms with Gasteiger partial charge >= 0.3 is 0 Å². The van der Waals surface area contributed by atoms with Crippen molar-refractivity contribution in [2.45, 2.75) is 54.4 Å². The molecule has 5 heteroatoms. The summed E-state index contributed by atoms with van der Waals surface area (Å²) < 4.78 is 16.6. The number of rotatable bonds is 10. The predicted octanol–water partition coefficient (Wildman–Crippen LogP) is 5.73. The van der Waals surface area contributed by atoms with E-state index < -0.39 is 0 Å². The van der Waals surface area contributed by atoms with Crippen molar-refractivity contribution in [2.24, 2.45) is 0 Å². The summed E-state index contributed by atoms with van der Waals surface area (Å²) in [4.78, 5) is 6.78. The summed E-state index contributed by atoms with van der Waals surface area (Å²) in [6.45, 7) is 16.9. The van der Waals surface area contributed by atoms with E-state index in [1.54, 1.807) is 14.2 Å². The highest BCUT2D eigenvalue weighted by Crippen LogP contribution is 2.32. The fourth-order valence-electron chi connectivity index (χ4n) is 2.68. The van der Waals surface area contributed by atoms with Crippen molar-refractivity contribution >= 4 is 10.9 Å². The van der Waals surface area contributed by atoms with Crippen LogP contribution >= 0.6 is 0 Å². The molecule has 0 aliphatic carbocycles. The van der Waals surface area contributed by atoms with Gasteiger partial charge in [-0.1, -0.05) is 41.0 Å². The van der Waals surface area contributed by atoms with Gasteiger partial charge in [0.05, 0.1) is 25.8 Å². The Morgan fingerprint density at radius 2 is 1.66 bits per heavy atom. The van der Waals surface area contributed by atoms with E-state index in [4.69, 9.17) is 14.2 Å². The molecule has 0 spiro atoms. The first-order chi connectivity index (χ1) is 14.1. The average molecular weight is 407 g/mol. The van der Waals surface area contributed by atoms with Gasteiger partial charge in [0.1, 0.15) is 0 Å². The smallest absolute Gasteiger partial charge is 0.163 e. The number of aryl methyl sites for hydroxylation is 1. The maximum absolute atomic E-state index is 5.95. The van der Waals surface area contributed by atoms with Crippen LogP contribution < -0.4 is 9.47 Å². The van der Waals surface area contributed by atoms with Crippen LogP contribution in [0.5, 0.6) is 11.5 Å². The first kappa shape index (κ1) is 27.1. The quantitative estimate of drug-likeness (QED) is 0.471. The third-order valence-electron chi connectivity index (χ3n) is 4.18. The second kappa shape index (κ2) is 17.0. The van der Waals surface area contributed by atoms with Gasteiger partial charge in [-0.05, 0) is 37.6 Å². The Hall–Kier alpha value is -1.85. The summed E-state index contributed by atoms with van der Waals surface area (Å²) in [6, 6.07) is 5.97. The van der Waals surface area contributed by atoms with Crippen LogP contribution in [-0.4, -0.2) is 57.0 Å². The molecule has 2 rings (SSSR count). The number of nitrogens with zero attached hydrogens (tertiary/aromatic N) is 2. The Balaban J connectivity index is 0.00000143. The normalized spacial score (nSPS) is 10.1. The van der Waals surface area contributed by atoms with Crippen molar-refractivity contribution in [3.63, 3.8) is 0 Å². The molecule has 0 saturated heterocycles. The van der Waals surface area contributed by atoms with E-state index >= 15 is 0 Å². The van der Waals surface area contributed by atoms with Gasteiger partial charge in [-0.3, -0.25) is 4.98 Å². The van der Waals surface area contributed by atoms with Crippen LogP contribution in [0, 0.1) is 6.92 Å². The van der Waals surface area contributed by atoms with Crippen LogP contribution in [-0.2, 0) is 4.74 Å². The molecule has 2 aromatic rings. The van der Waals surface area contributed by atoms with Crippen LogP contribution in [0.2, 0.25) is 0 Å². The van der Waals surface area contributed by atoms with E-state index in [0.717, 1.165) is 55.1 Å². The first-order valence-electron chi connectivity index (χ1n) is 10.9. The average Bonchev–Trinajstić information content (AvgIpc) is 2.75. The summed E-state index contributed by atoms with van der Waals surface area (Å²) in [5, 5.41) is 1.10. The zero-order valence-corrected chi connectivity index (χ0v) is 19.9. The molecule has 1 aromatic heterocycles. The summed E-state index contributed by atoms with van der Waals surface area (Å²) in [5.41, 5.74) is 2.11. The van der Waals surface area contributed by atoms with Crippen molar-refractivity contribution in [1.29, 1.82) is 0 Å². The molecule has 0 aliphatic heterocycles. The second-order valence-corrected chi connectivity index (χ2v) is 6.48. The van der Waals surface area contributed by atoms with Gasteiger partial charge in [-0.25, -0.2) is 0 Å². The third kappa shape index (κ3) is 9.95. The molecule has 0 fully saturated rings. The lowest BCUT2D eigenvalue weighted by molar-refractivity contribution is 0.145. The van der Waals surface area contributed by atoms with Gasteiger partial charge in [0.2, 0.25) is 0 Å². The van der Waals surface area contributed by atoms with Gasteiger partial charge in [0.25, 0.3) is 0 Å². The number of likely N-dealkylation sites (N-methyl/N-ethyl adjacent to an activating group) is 1. The molecule has 166 valence electrons. The highest BCUT2D eigenvalue weighted by atomic mass is 16.5. The first-order valence-corrected chi connectivity index (χ1v) is 10.9. The summed E-state index contributed by atoms with van der Waals surface area (Å²) in [5.74, 6) is 1.51. The molecule has 0 amide bonds. The highest BCUT2D eigenvalue weighted by molar-refractivity contribution is 5.85. The lowest BCUT2D eigenvalue weighted by Gasteiger charge is -2.20. The monoisotopic (exact) mass is 406 g/mol. The van der Waals surface area contributed by atoms with Crippen molar-refractivity contribution in [3.05, 3.63) is 30.0 Å². The number of fused-ring (bicyclic) bond motifs is 1. The molecule has 0 saturated carbocycles. The zero-order valence-electron chi connectivity index (χ0n) is 19.9. The molecule has 1 aromatic carbocycles. The summed E-state index contributed by atoms with van der Waals surface area (Å²) >= 11 is 0. The van der Waals surface area contributed by atoms with Crippen molar-refractivity contribution in [3.8, 4) is 11.5 Å². The molecule has 0 radical (unpaired) electrons. The highest BCUT2D eigenvalue weighted by Gasteiger charge is 2.09. The standard InChI is InChI=1S/C19H28N2O3.C3H8.C2H6/c1-5-21(10-12-22-3)9-6-11-24-19-14-17-16(13-18(19)23-4)15(2)7-8-20-17;1-3-2;1-2/h7-8,13-14H,5-6,9-12H2,1-4H3;3H2,1-2H3;1-2H3. The van der Waals surface area contributed by atoms with Gasteiger partial charge in [-0.15, -0.1) is 0 Å². The molecular weight excluding hydrogens is 364 g/mol. The minimum atomic E-state index is 0.650. The van der Waals surface area contributed by atoms with E-state index in [-0.39, 0.29) is 0 Å². The van der Waals surface area contributed by atoms with Crippen LogP contribution in [0.1, 0.15) is 53.0 Å². The maximum atomic E-state index is 5.95. The Labute approximate surface area is 178 Å². The Bertz CT molecular complexity index is 662. The number of ether oxygens (including phenoxy) is 3. The number of methoxy groups -OCH3 is 2. The Morgan fingerprint density at radius 3 is 2.24 bits per heavy atom. The number of benzene rings is 1. The Morgan fingerprint density at radius 1 is 0.966 bits per heavy atom. The number of pyridine rings is 1. The number of aromatic nitrogens is 1. The number of hydrogen-bond acceptors (Lipinski definition) is 5. The Kier molecular flexibility index (Phi) is 16.0. The largest absolute Gasteiger partial charge is 0.493 e. The molecule has 5 nitrogen and oxygen atoms in total. The topological polar surface area (TPSA) is 43.8 Å². The molecule has 0 atom stereocenters. The SMILES string of the molecule is CC.CCC.CCN(CCCOc1cc2nccc(C)c2cc1OC)CCOC. The second-order valence-electron chi connectivity index (χ2n) is 6.48. The molecule has 0 N–H and O–H groups in total. The van der Waals surface area contributed by atoms with Gasteiger partial charge in [-0.2, -0.15) is 0 Å². The maximum Gasteiger partial charge on any atom is 0.163 e. The summed E-state index contributed by atoms with van der Waals surface area (Å²) in [6.07, 6.45) is 4.03.